The molecule has 0 radical (unpaired) electrons. The lowest BCUT2D eigenvalue weighted by atomic mass is 10.2. The van der Waals surface area contributed by atoms with E-state index in [-0.39, 0.29) is 21.2 Å². The molecule has 0 spiro atoms. The molecule has 7 nitrogen and oxygen atoms in total. The number of carbonyl (C=O) groups is 1. The Morgan fingerprint density at radius 2 is 1.50 bits per heavy atom. The van der Waals surface area contributed by atoms with Crippen molar-refractivity contribution in [2.24, 2.45) is 0 Å². The highest BCUT2D eigenvalue weighted by Gasteiger charge is 2.18. The van der Waals surface area contributed by atoms with Gasteiger partial charge in [0.05, 0.1) is 40.5 Å². The SMILES string of the molecule is COc1cc(NC(=O)c2ccc(NS(=O)(=O)c3ccc(C)cc3)c(Cl)c2)c(OC)cc1Cl. The van der Waals surface area contributed by atoms with E-state index in [4.69, 9.17) is 32.7 Å². The highest BCUT2D eigenvalue weighted by molar-refractivity contribution is 7.92. The molecule has 1 amide bonds. The monoisotopic (exact) mass is 494 g/mol. The van der Waals surface area contributed by atoms with Gasteiger partial charge in [-0.1, -0.05) is 40.9 Å². The first kappa shape index (κ1) is 23.7. The molecule has 3 aromatic carbocycles. The van der Waals surface area contributed by atoms with Gasteiger partial charge in [0.1, 0.15) is 11.5 Å². The van der Waals surface area contributed by atoms with Gasteiger partial charge in [0, 0.05) is 17.7 Å². The van der Waals surface area contributed by atoms with Crippen molar-refractivity contribution in [1.29, 1.82) is 0 Å². The zero-order chi connectivity index (χ0) is 23.5. The predicted octanol–water partition coefficient (Wildman–Crippen LogP) is 5.37. The van der Waals surface area contributed by atoms with Gasteiger partial charge in [0.2, 0.25) is 0 Å². The maximum atomic E-state index is 12.7. The minimum Gasteiger partial charge on any atom is -0.495 e. The second-order valence-electron chi connectivity index (χ2n) is 6.75. The maximum Gasteiger partial charge on any atom is 0.261 e. The minimum atomic E-state index is -3.83. The highest BCUT2D eigenvalue weighted by atomic mass is 35.5. The molecule has 0 aliphatic heterocycles. The second-order valence-corrected chi connectivity index (χ2v) is 9.25. The zero-order valence-electron chi connectivity index (χ0n) is 17.4. The summed E-state index contributed by atoms with van der Waals surface area (Å²) in [6, 6.07) is 13.7. The van der Waals surface area contributed by atoms with Gasteiger partial charge in [-0.3, -0.25) is 9.52 Å². The molecule has 0 aliphatic rings. The van der Waals surface area contributed by atoms with Crippen molar-refractivity contribution >= 4 is 50.5 Å². The van der Waals surface area contributed by atoms with Gasteiger partial charge in [-0.2, -0.15) is 0 Å². The summed E-state index contributed by atoms with van der Waals surface area (Å²) >= 11 is 12.3. The Morgan fingerprint density at radius 1 is 0.844 bits per heavy atom. The van der Waals surface area contributed by atoms with Crippen LogP contribution in [0.4, 0.5) is 11.4 Å². The third-order valence-electron chi connectivity index (χ3n) is 4.53. The Bertz CT molecular complexity index is 1260. The Balaban J connectivity index is 1.82. The molecule has 168 valence electrons. The Hall–Kier alpha value is -2.94. The molecule has 0 saturated carbocycles. The zero-order valence-corrected chi connectivity index (χ0v) is 19.7. The number of sulfonamides is 1. The van der Waals surface area contributed by atoms with Crippen LogP contribution in [-0.4, -0.2) is 28.5 Å². The molecule has 10 heteroatoms. The van der Waals surface area contributed by atoms with Crippen molar-refractivity contribution < 1.29 is 22.7 Å². The van der Waals surface area contributed by atoms with Gasteiger partial charge in [-0.25, -0.2) is 8.42 Å². The van der Waals surface area contributed by atoms with Crippen molar-refractivity contribution in [2.75, 3.05) is 24.3 Å². The quantitative estimate of drug-likeness (QED) is 0.460. The number of nitrogens with one attached hydrogen (secondary N) is 2. The van der Waals surface area contributed by atoms with Crippen LogP contribution in [-0.2, 0) is 10.0 Å². The molecule has 0 saturated heterocycles. The molecule has 2 N–H and O–H groups in total. The molecule has 32 heavy (non-hydrogen) atoms. The fourth-order valence-electron chi connectivity index (χ4n) is 2.81. The minimum absolute atomic E-state index is 0.0639. The Labute approximate surface area is 196 Å². The lowest BCUT2D eigenvalue weighted by Gasteiger charge is -2.14. The van der Waals surface area contributed by atoms with Crippen LogP contribution in [0.15, 0.2) is 59.5 Å². The van der Waals surface area contributed by atoms with Gasteiger partial charge in [0.15, 0.2) is 0 Å². The summed E-state index contributed by atoms with van der Waals surface area (Å²) in [4.78, 5) is 12.8. The Kier molecular flexibility index (Phi) is 7.18. The van der Waals surface area contributed by atoms with Crippen LogP contribution >= 0.6 is 23.2 Å². The molecule has 0 atom stereocenters. The van der Waals surface area contributed by atoms with E-state index in [9.17, 15) is 13.2 Å². The first-order chi connectivity index (χ1) is 15.1. The van der Waals surface area contributed by atoms with Crippen LogP contribution in [0.5, 0.6) is 11.5 Å². The number of hydrogen-bond acceptors (Lipinski definition) is 5. The number of hydrogen-bond donors (Lipinski definition) is 2. The smallest absolute Gasteiger partial charge is 0.261 e. The van der Waals surface area contributed by atoms with Gasteiger partial charge >= 0.3 is 0 Å². The number of anilines is 2. The molecule has 0 heterocycles. The number of rotatable bonds is 7. The van der Waals surface area contributed by atoms with Crippen molar-refractivity contribution in [1.82, 2.24) is 0 Å². The lowest BCUT2D eigenvalue weighted by molar-refractivity contribution is 0.102. The lowest BCUT2D eigenvalue weighted by Crippen LogP contribution is -2.15. The van der Waals surface area contributed by atoms with Crippen LogP contribution in [0.1, 0.15) is 15.9 Å². The van der Waals surface area contributed by atoms with Crippen molar-refractivity contribution in [3.8, 4) is 11.5 Å². The molecule has 0 unspecified atom stereocenters. The summed E-state index contributed by atoms with van der Waals surface area (Å²) in [5.41, 5.74) is 1.64. The molecule has 0 aromatic heterocycles. The average Bonchev–Trinajstić information content (AvgIpc) is 2.76. The number of ether oxygens (including phenoxy) is 2. The van der Waals surface area contributed by atoms with Crippen LogP contribution in [0.2, 0.25) is 10.0 Å². The predicted molar refractivity (Wildman–Crippen MR) is 126 cm³/mol. The third kappa shape index (κ3) is 5.27. The van der Waals surface area contributed by atoms with E-state index < -0.39 is 15.9 Å². The van der Waals surface area contributed by atoms with E-state index in [1.807, 2.05) is 6.92 Å². The van der Waals surface area contributed by atoms with E-state index in [2.05, 4.69) is 10.0 Å². The van der Waals surface area contributed by atoms with Crippen molar-refractivity contribution in [3.05, 3.63) is 75.8 Å². The average molecular weight is 495 g/mol. The number of amides is 1. The largest absolute Gasteiger partial charge is 0.495 e. The van der Waals surface area contributed by atoms with E-state index in [0.29, 0.717) is 22.2 Å². The molecular weight excluding hydrogens is 475 g/mol. The molecule has 0 aliphatic carbocycles. The molecular formula is C22H20Cl2N2O5S. The van der Waals surface area contributed by atoms with Gasteiger partial charge in [-0.05, 0) is 37.3 Å². The summed E-state index contributed by atoms with van der Waals surface area (Å²) < 4.78 is 38.1. The van der Waals surface area contributed by atoms with E-state index in [1.54, 1.807) is 12.1 Å². The van der Waals surface area contributed by atoms with Crippen LogP contribution in [0.3, 0.4) is 0 Å². The fraction of sp³-hybridized carbons (Fsp3) is 0.136. The standard InChI is InChI=1S/C22H20Cl2N2O5S/c1-13-4-7-15(8-5-13)32(28,29)26-18-9-6-14(10-16(18)23)22(27)25-19-12-20(30-2)17(24)11-21(19)31-3/h4-12,26H,1-3H3,(H,25,27). The van der Waals surface area contributed by atoms with E-state index in [0.717, 1.165) is 5.56 Å². The van der Waals surface area contributed by atoms with E-state index >= 15 is 0 Å². The summed E-state index contributed by atoms with van der Waals surface area (Å²) in [7, 11) is -0.935. The van der Waals surface area contributed by atoms with Gasteiger partial charge in [0.25, 0.3) is 15.9 Å². The third-order valence-corrected chi connectivity index (χ3v) is 6.52. The number of carbonyl (C=O) groups excluding carboxylic acids is 1. The topological polar surface area (TPSA) is 93.7 Å². The number of benzene rings is 3. The van der Waals surface area contributed by atoms with Crippen LogP contribution in [0, 0.1) is 6.92 Å². The summed E-state index contributed by atoms with van der Waals surface area (Å²) in [6.07, 6.45) is 0. The molecule has 3 aromatic rings. The van der Waals surface area contributed by atoms with Crippen molar-refractivity contribution in [2.45, 2.75) is 11.8 Å². The van der Waals surface area contributed by atoms with Gasteiger partial charge < -0.3 is 14.8 Å². The number of aryl methyl sites for hydroxylation is 1. The highest BCUT2D eigenvalue weighted by Crippen LogP contribution is 2.36. The summed E-state index contributed by atoms with van der Waals surface area (Å²) in [5.74, 6) is 0.224. The fourth-order valence-corrected chi connectivity index (χ4v) is 4.41. The number of halogens is 2. The number of methoxy groups -OCH3 is 2. The normalized spacial score (nSPS) is 11.0. The molecule has 0 bridgehead atoms. The van der Waals surface area contributed by atoms with Gasteiger partial charge in [-0.15, -0.1) is 0 Å². The molecule has 3 rings (SSSR count). The first-order valence-electron chi connectivity index (χ1n) is 9.26. The summed E-state index contributed by atoms with van der Waals surface area (Å²) in [5, 5.41) is 3.10. The first-order valence-corrected chi connectivity index (χ1v) is 11.5. The molecule has 0 fully saturated rings. The maximum absolute atomic E-state index is 12.7. The Morgan fingerprint density at radius 3 is 2.09 bits per heavy atom. The van der Waals surface area contributed by atoms with Crippen molar-refractivity contribution in [3.63, 3.8) is 0 Å². The summed E-state index contributed by atoms with van der Waals surface area (Å²) in [6.45, 7) is 1.86. The van der Waals surface area contributed by atoms with Crippen LogP contribution < -0.4 is 19.5 Å². The van der Waals surface area contributed by atoms with Crippen LogP contribution in [0.25, 0.3) is 0 Å². The van der Waals surface area contributed by atoms with E-state index in [1.165, 1.54) is 56.7 Å². The second kappa shape index (κ2) is 9.68.